The number of nitrogens with one attached hydrogen (secondary N) is 1. The van der Waals surface area contributed by atoms with Gasteiger partial charge in [0.1, 0.15) is 11.3 Å². The molecule has 1 amide bonds. The molecule has 7 nitrogen and oxygen atoms in total. The smallest absolute Gasteiger partial charge is 0.295 e. The zero-order chi connectivity index (χ0) is 24.9. The number of fused-ring (bicyclic) bond motifs is 1. The lowest BCUT2D eigenvalue weighted by Gasteiger charge is -2.40. The van der Waals surface area contributed by atoms with Gasteiger partial charge in [0.15, 0.2) is 11.4 Å². The van der Waals surface area contributed by atoms with Crippen molar-refractivity contribution < 1.29 is 13.6 Å². The number of allylic oxidation sites excluding steroid dienone is 1. The van der Waals surface area contributed by atoms with Crippen molar-refractivity contribution in [1.29, 1.82) is 0 Å². The second-order valence-corrected chi connectivity index (χ2v) is 8.78. The van der Waals surface area contributed by atoms with Crippen LogP contribution in [-0.2, 0) is 0 Å². The minimum absolute atomic E-state index is 0.0948. The first-order valence-corrected chi connectivity index (χ1v) is 11.8. The van der Waals surface area contributed by atoms with E-state index in [0.717, 1.165) is 23.9 Å². The van der Waals surface area contributed by atoms with Crippen molar-refractivity contribution in [3.8, 4) is 0 Å². The molecule has 2 atom stereocenters. The van der Waals surface area contributed by atoms with Gasteiger partial charge in [0.2, 0.25) is 0 Å². The summed E-state index contributed by atoms with van der Waals surface area (Å²) < 4.78 is 20.8. The fourth-order valence-corrected chi connectivity index (χ4v) is 4.55. The van der Waals surface area contributed by atoms with Crippen LogP contribution in [0.4, 0.5) is 10.4 Å². The molecule has 0 aliphatic carbocycles. The van der Waals surface area contributed by atoms with Gasteiger partial charge in [0, 0.05) is 26.4 Å². The topological polar surface area (TPSA) is 83.1 Å². The number of hydrogen-bond acceptors (Lipinski definition) is 5. The summed E-state index contributed by atoms with van der Waals surface area (Å²) in [6, 6.07) is 10.6. The summed E-state index contributed by atoms with van der Waals surface area (Å²) in [4.78, 5) is 28.4. The monoisotopic (exact) mass is 475 g/mol. The number of oxazole rings is 1. The number of aromatic nitrogens is 1. The Hall–Kier alpha value is -3.81. The number of likely N-dealkylation sites (tertiary alicyclic amines) is 1. The highest BCUT2D eigenvalue weighted by molar-refractivity contribution is 6.12. The van der Waals surface area contributed by atoms with Gasteiger partial charge in [0.05, 0.1) is 17.2 Å². The van der Waals surface area contributed by atoms with Crippen LogP contribution in [0, 0.1) is 18.7 Å². The summed E-state index contributed by atoms with van der Waals surface area (Å²) in [6.45, 7) is 8.77. The third kappa shape index (κ3) is 5.16. The van der Waals surface area contributed by atoms with Gasteiger partial charge in [-0.05, 0) is 55.5 Å². The molecule has 2 heterocycles. The molecule has 0 bridgehead atoms. The van der Waals surface area contributed by atoms with Gasteiger partial charge in [-0.1, -0.05) is 31.7 Å². The number of aliphatic imine (C=N–C) groups is 2. The summed E-state index contributed by atoms with van der Waals surface area (Å²) in [5.41, 5.74) is 2.92. The van der Waals surface area contributed by atoms with E-state index in [1.54, 1.807) is 6.07 Å². The first kappa shape index (κ1) is 24.3. The van der Waals surface area contributed by atoms with Crippen LogP contribution in [-0.4, -0.2) is 54.0 Å². The molecule has 1 aromatic heterocycles. The molecular formula is C27H30FN5O2. The van der Waals surface area contributed by atoms with E-state index in [4.69, 9.17) is 4.42 Å². The molecule has 1 fully saturated rings. The van der Waals surface area contributed by atoms with Crippen molar-refractivity contribution in [2.24, 2.45) is 15.9 Å². The van der Waals surface area contributed by atoms with Crippen LogP contribution in [0.3, 0.4) is 0 Å². The standard InChI is InChI=1S/C27H30FN5O2/c1-5-13-30-25(29-4)24-19(9-6-10-20(24)28)26(34)33-14-7-8-18(3)22(33)16-31-27-32-21-12-11-17(2)15-23(21)35-27/h5-6,9-13,15,18,22H,1,7-8,14,16H2,2-4H3,(H,31,32). The van der Waals surface area contributed by atoms with Gasteiger partial charge in [0.25, 0.3) is 11.9 Å². The molecule has 1 N–H and O–H groups in total. The molecule has 35 heavy (non-hydrogen) atoms. The normalized spacial score (nSPS) is 18.9. The highest BCUT2D eigenvalue weighted by Gasteiger charge is 2.34. The molecular weight excluding hydrogens is 445 g/mol. The van der Waals surface area contributed by atoms with Crippen LogP contribution in [0.1, 0.15) is 41.3 Å². The summed E-state index contributed by atoms with van der Waals surface area (Å²) >= 11 is 0. The van der Waals surface area contributed by atoms with E-state index in [0.29, 0.717) is 24.7 Å². The van der Waals surface area contributed by atoms with Crippen LogP contribution in [0.25, 0.3) is 11.1 Å². The zero-order valence-electron chi connectivity index (χ0n) is 20.3. The molecule has 1 saturated heterocycles. The number of piperidine rings is 1. The Bertz CT molecular complexity index is 1300. The quantitative estimate of drug-likeness (QED) is 0.389. The van der Waals surface area contributed by atoms with Gasteiger partial charge in [-0.2, -0.15) is 4.98 Å². The Morgan fingerprint density at radius 1 is 1.37 bits per heavy atom. The molecule has 0 spiro atoms. The molecule has 0 radical (unpaired) electrons. The third-order valence-electron chi connectivity index (χ3n) is 6.36. The number of rotatable bonds is 6. The largest absolute Gasteiger partial charge is 0.424 e. The molecule has 4 rings (SSSR count). The SMILES string of the molecule is C=CC=NC(=NC)c1c(F)cccc1C(=O)N1CCCC(C)C1CNc1nc2ccc(C)cc2o1. The number of nitrogens with zero attached hydrogens (tertiary/aromatic N) is 4. The lowest BCUT2D eigenvalue weighted by molar-refractivity contribution is 0.0538. The number of halogens is 1. The number of anilines is 1. The average Bonchev–Trinajstić information content (AvgIpc) is 3.25. The minimum Gasteiger partial charge on any atom is -0.424 e. The van der Waals surface area contributed by atoms with E-state index in [2.05, 4.69) is 33.8 Å². The number of carbonyl (C=O) groups is 1. The molecule has 182 valence electrons. The van der Waals surface area contributed by atoms with E-state index in [-0.39, 0.29) is 34.8 Å². The van der Waals surface area contributed by atoms with Crippen molar-refractivity contribution in [2.45, 2.75) is 32.7 Å². The van der Waals surface area contributed by atoms with Crippen LogP contribution < -0.4 is 5.32 Å². The maximum atomic E-state index is 14.9. The number of benzene rings is 2. The number of amidine groups is 1. The average molecular weight is 476 g/mol. The molecule has 2 unspecified atom stereocenters. The summed E-state index contributed by atoms with van der Waals surface area (Å²) in [6.07, 6.45) is 4.78. The zero-order valence-corrected chi connectivity index (χ0v) is 20.3. The number of carbonyl (C=O) groups excluding carboxylic acids is 1. The van der Waals surface area contributed by atoms with Crippen molar-refractivity contribution in [2.75, 3.05) is 25.5 Å². The summed E-state index contributed by atoms with van der Waals surface area (Å²) in [7, 11) is 1.52. The van der Waals surface area contributed by atoms with E-state index in [9.17, 15) is 9.18 Å². The number of aryl methyl sites for hydroxylation is 1. The van der Waals surface area contributed by atoms with Gasteiger partial charge in [-0.3, -0.25) is 9.79 Å². The lowest BCUT2D eigenvalue weighted by atomic mass is 9.89. The predicted molar refractivity (Wildman–Crippen MR) is 138 cm³/mol. The predicted octanol–water partition coefficient (Wildman–Crippen LogP) is 5.26. The Balaban J connectivity index is 1.61. The van der Waals surface area contributed by atoms with Crippen LogP contribution in [0.15, 0.2) is 63.5 Å². The van der Waals surface area contributed by atoms with Crippen molar-refractivity contribution in [3.05, 3.63) is 71.6 Å². The van der Waals surface area contributed by atoms with Crippen LogP contribution in [0.2, 0.25) is 0 Å². The Morgan fingerprint density at radius 2 is 2.20 bits per heavy atom. The Kier molecular flexibility index (Phi) is 7.39. The van der Waals surface area contributed by atoms with Gasteiger partial charge < -0.3 is 14.6 Å². The lowest BCUT2D eigenvalue weighted by Crippen LogP contribution is -2.51. The second-order valence-electron chi connectivity index (χ2n) is 8.78. The second kappa shape index (κ2) is 10.6. The van der Waals surface area contributed by atoms with Crippen molar-refractivity contribution in [3.63, 3.8) is 0 Å². The highest BCUT2D eigenvalue weighted by Crippen LogP contribution is 2.28. The minimum atomic E-state index is -0.542. The molecule has 2 aromatic carbocycles. The van der Waals surface area contributed by atoms with E-state index < -0.39 is 5.82 Å². The molecule has 8 heteroatoms. The maximum Gasteiger partial charge on any atom is 0.295 e. The first-order valence-electron chi connectivity index (χ1n) is 11.8. The maximum absolute atomic E-state index is 14.9. The first-order chi connectivity index (χ1) is 16.9. The summed E-state index contributed by atoms with van der Waals surface area (Å²) in [5, 5.41) is 3.27. The highest BCUT2D eigenvalue weighted by atomic mass is 19.1. The van der Waals surface area contributed by atoms with Gasteiger partial charge in [-0.15, -0.1) is 0 Å². The fraction of sp³-hybridized carbons (Fsp3) is 0.333. The third-order valence-corrected chi connectivity index (χ3v) is 6.36. The molecule has 0 saturated carbocycles. The number of hydrogen-bond donors (Lipinski definition) is 1. The van der Waals surface area contributed by atoms with Gasteiger partial charge >= 0.3 is 0 Å². The molecule has 1 aliphatic rings. The van der Waals surface area contributed by atoms with Gasteiger partial charge in [-0.25, -0.2) is 9.38 Å². The molecule has 3 aromatic rings. The number of amides is 1. The van der Waals surface area contributed by atoms with Crippen molar-refractivity contribution >= 4 is 35.1 Å². The van der Waals surface area contributed by atoms with E-state index in [1.165, 1.54) is 31.5 Å². The fourth-order valence-electron chi connectivity index (χ4n) is 4.55. The van der Waals surface area contributed by atoms with Crippen LogP contribution in [0.5, 0.6) is 0 Å². The summed E-state index contributed by atoms with van der Waals surface area (Å²) in [5.74, 6) is -0.407. The van der Waals surface area contributed by atoms with Crippen molar-refractivity contribution in [1.82, 2.24) is 9.88 Å². The van der Waals surface area contributed by atoms with Crippen LogP contribution >= 0.6 is 0 Å². The Morgan fingerprint density at radius 3 is 2.97 bits per heavy atom. The van der Waals surface area contributed by atoms with E-state index in [1.807, 2.05) is 30.0 Å². The molecule has 1 aliphatic heterocycles. The Labute approximate surface area is 204 Å². The van der Waals surface area contributed by atoms with E-state index >= 15 is 0 Å².